The zero-order valence-corrected chi connectivity index (χ0v) is 17.9. The summed E-state index contributed by atoms with van der Waals surface area (Å²) in [6, 6.07) is 2.83. The average Bonchev–Trinajstić information content (AvgIpc) is 2.96. The maximum atomic E-state index is 13.2. The highest BCUT2D eigenvalue weighted by molar-refractivity contribution is 7.99. The number of aromatic nitrogens is 3. The van der Waals surface area contributed by atoms with Crippen LogP contribution >= 0.6 is 11.8 Å². The minimum atomic E-state index is -4.54. The molecule has 0 radical (unpaired) electrons. The van der Waals surface area contributed by atoms with Crippen molar-refractivity contribution in [2.75, 3.05) is 23.7 Å². The first-order valence-electron chi connectivity index (χ1n) is 10.3. The molecular weight excluding hydrogens is 411 g/mol. The van der Waals surface area contributed by atoms with Crippen LogP contribution < -0.4 is 10.6 Å². The second-order valence-electron chi connectivity index (χ2n) is 8.66. The Hall–Kier alpha value is -2.03. The number of anilines is 2. The molecule has 30 heavy (non-hydrogen) atoms. The molecule has 3 heterocycles. The number of piperidine rings is 1. The van der Waals surface area contributed by atoms with Gasteiger partial charge in [0.05, 0.1) is 6.20 Å². The molecule has 0 aromatic carbocycles. The molecule has 1 spiro atoms. The van der Waals surface area contributed by atoms with Crippen LogP contribution in [0.15, 0.2) is 34.4 Å². The summed E-state index contributed by atoms with van der Waals surface area (Å²) in [5, 5.41) is 0.254. The fourth-order valence-corrected chi connectivity index (χ4v) is 5.99. The van der Waals surface area contributed by atoms with Crippen molar-refractivity contribution >= 4 is 23.4 Å². The van der Waals surface area contributed by atoms with Crippen LogP contribution in [0.25, 0.3) is 0 Å². The molecule has 2 aromatic rings. The van der Waals surface area contributed by atoms with E-state index in [0.717, 1.165) is 55.7 Å². The van der Waals surface area contributed by atoms with Gasteiger partial charge in [-0.25, -0.2) is 9.97 Å². The minimum Gasteiger partial charge on any atom is -0.381 e. The van der Waals surface area contributed by atoms with Gasteiger partial charge in [0.25, 0.3) is 0 Å². The van der Waals surface area contributed by atoms with E-state index < -0.39 is 11.9 Å². The van der Waals surface area contributed by atoms with Crippen LogP contribution in [-0.4, -0.2) is 28.0 Å². The SMILES string of the molecule is C[C@@H]1C[C@@H](C)C2(CCN(c3cnc(Sc4cccnc4C(F)(F)F)c(N)n3)CC2)C1. The molecule has 2 aromatic heterocycles. The van der Waals surface area contributed by atoms with Gasteiger partial charge in [0.15, 0.2) is 11.5 Å². The van der Waals surface area contributed by atoms with Crippen molar-refractivity contribution in [1.29, 1.82) is 0 Å². The summed E-state index contributed by atoms with van der Waals surface area (Å²) in [6.45, 7) is 6.51. The van der Waals surface area contributed by atoms with Crippen molar-refractivity contribution in [3.05, 3.63) is 30.2 Å². The molecule has 0 bridgehead atoms. The van der Waals surface area contributed by atoms with Gasteiger partial charge >= 0.3 is 6.18 Å². The van der Waals surface area contributed by atoms with Crippen molar-refractivity contribution in [2.45, 2.75) is 55.6 Å². The number of hydrogen-bond acceptors (Lipinski definition) is 6. The molecule has 1 saturated carbocycles. The number of rotatable bonds is 3. The van der Waals surface area contributed by atoms with Crippen molar-refractivity contribution in [2.24, 2.45) is 17.3 Å². The Labute approximate surface area is 178 Å². The fourth-order valence-electron chi connectivity index (χ4n) is 5.11. The van der Waals surface area contributed by atoms with Crippen LogP contribution in [-0.2, 0) is 6.18 Å². The van der Waals surface area contributed by atoms with Crippen molar-refractivity contribution in [3.63, 3.8) is 0 Å². The lowest BCUT2D eigenvalue weighted by molar-refractivity contribution is -0.143. The van der Waals surface area contributed by atoms with Gasteiger partial charge < -0.3 is 10.6 Å². The van der Waals surface area contributed by atoms with Gasteiger partial charge in [0.1, 0.15) is 10.8 Å². The lowest BCUT2D eigenvalue weighted by atomic mass is 9.71. The molecule has 2 fully saturated rings. The van der Waals surface area contributed by atoms with E-state index in [9.17, 15) is 13.2 Å². The zero-order valence-electron chi connectivity index (χ0n) is 17.1. The predicted molar refractivity (Wildman–Crippen MR) is 111 cm³/mol. The van der Waals surface area contributed by atoms with Crippen molar-refractivity contribution < 1.29 is 13.2 Å². The Morgan fingerprint density at radius 3 is 2.53 bits per heavy atom. The van der Waals surface area contributed by atoms with E-state index in [2.05, 4.69) is 33.7 Å². The third-order valence-corrected chi connectivity index (χ3v) is 7.69. The molecule has 1 aliphatic heterocycles. The molecular formula is C21H26F3N5S. The van der Waals surface area contributed by atoms with Crippen LogP contribution in [0.4, 0.5) is 24.8 Å². The summed E-state index contributed by atoms with van der Waals surface area (Å²) in [4.78, 5) is 14.4. The Bertz CT molecular complexity index is 912. The van der Waals surface area contributed by atoms with Crippen molar-refractivity contribution in [1.82, 2.24) is 15.0 Å². The molecule has 0 unspecified atom stereocenters. The first kappa shape index (κ1) is 21.2. The maximum Gasteiger partial charge on any atom is 0.434 e. The number of alkyl halides is 3. The Morgan fingerprint density at radius 2 is 1.93 bits per heavy atom. The molecule has 4 rings (SSSR count). The second-order valence-corrected chi connectivity index (χ2v) is 9.69. The quantitative estimate of drug-likeness (QED) is 0.705. The third-order valence-electron chi connectivity index (χ3n) is 6.64. The summed E-state index contributed by atoms with van der Waals surface area (Å²) in [5.41, 5.74) is 5.55. The smallest absolute Gasteiger partial charge is 0.381 e. The number of nitrogen functional groups attached to an aromatic ring is 1. The van der Waals surface area contributed by atoms with Gasteiger partial charge in [0.2, 0.25) is 0 Å². The number of halogens is 3. The van der Waals surface area contributed by atoms with Gasteiger partial charge in [0, 0.05) is 24.2 Å². The minimum absolute atomic E-state index is 0.0389. The van der Waals surface area contributed by atoms with Crippen LogP contribution in [0.2, 0.25) is 0 Å². The highest BCUT2D eigenvalue weighted by Crippen LogP contribution is 2.52. The van der Waals surface area contributed by atoms with Crippen LogP contribution in [0.1, 0.15) is 45.2 Å². The van der Waals surface area contributed by atoms with Gasteiger partial charge in [-0.1, -0.05) is 25.6 Å². The highest BCUT2D eigenvalue weighted by atomic mass is 32.2. The highest BCUT2D eigenvalue weighted by Gasteiger charge is 2.45. The van der Waals surface area contributed by atoms with Crippen LogP contribution in [0.3, 0.4) is 0 Å². The molecule has 9 heteroatoms. The molecule has 2 atom stereocenters. The van der Waals surface area contributed by atoms with Gasteiger partial charge in [-0.05, 0) is 55.1 Å². The number of pyridine rings is 1. The summed E-state index contributed by atoms with van der Waals surface area (Å²) >= 11 is 0.839. The third kappa shape index (κ3) is 4.08. The zero-order chi connectivity index (χ0) is 21.5. The summed E-state index contributed by atoms with van der Waals surface area (Å²) in [5.74, 6) is 2.35. The van der Waals surface area contributed by atoms with Gasteiger partial charge in [-0.3, -0.25) is 4.98 Å². The van der Waals surface area contributed by atoms with E-state index in [1.165, 1.54) is 25.0 Å². The van der Waals surface area contributed by atoms with Gasteiger partial charge in [-0.15, -0.1) is 0 Å². The number of nitrogens with zero attached hydrogens (tertiary/aromatic N) is 4. The number of nitrogens with two attached hydrogens (primary N) is 1. The predicted octanol–water partition coefficient (Wildman–Crippen LogP) is 5.28. The first-order chi connectivity index (χ1) is 14.2. The van der Waals surface area contributed by atoms with E-state index in [1.807, 2.05) is 0 Å². The normalized spacial score (nSPS) is 23.8. The Morgan fingerprint density at radius 1 is 1.20 bits per heavy atom. The summed E-state index contributed by atoms with van der Waals surface area (Å²) < 4.78 is 39.6. The molecule has 1 saturated heterocycles. The second kappa shape index (κ2) is 7.90. The molecule has 1 aliphatic carbocycles. The fraction of sp³-hybridized carbons (Fsp3) is 0.571. The van der Waals surface area contributed by atoms with E-state index in [-0.39, 0.29) is 15.7 Å². The van der Waals surface area contributed by atoms with E-state index >= 15 is 0 Å². The van der Waals surface area contributed by atoms with E-state index in [0.29, 0.717) is 11.2 Å². The first-order valence-corrected chi connectivity index (χ1v) is 11.1. The Balaban J connectivity index is 1.48. The molecule has 2 aliphatic rings. The number of hydrogen-bond donors (Lipinski definition) is 1. The molecule has 162 valence electrons. The monoisotopic (exact) mass is 437 g/mol. The largest absolute Gasteiger partial charge is 0.434 e. The molecule has 0 amide bonds. The Kier molecular flexibility index (Phi) is 5.59. The summed E-state index contributed by atoms with van der Waals surface area (Å²) in [7, 11) is 0. The van der Waals surface area contributed by atoms with E-state index in [1.54, 1.807) is 6.20 Å². The average molecular weight is 438 g/mol. The maximum absolute atomic E-state index is 13.2. The van der Waals surface area contributed by atoms with Crippen molar-refractivity contribution in [3.8, 4) is 0 Å². The van der Waals surface area contributed by atoms with Gasteiger partial charge in [-0.2, -0.15) is 13.2 Å². The molecule has 5 nitrogen and oxygen atoms in total. The topological polar surface area (TPSA) is 67.9 Å². The van der Waals surface area contributed by atoms with E-state index in [4.69, 9.17) is 5.73 Å². The standard InChI is InChI=1S/C21H26F3N5S/c1-13-10-14(2)20(11-13)5-8-29(9-6-20)16-12-27-19(18(25)28-16)30-15-4-3-7-26-17(15)21(22,23)24/h3-4,7,12-14H,5-6,8-11H2,1-2H3,(H2,25,28)/t13-,14-/m1/s1. The lowest BCUT2D eigenvalue weighted by Crippen LogP contribution is -2.42. The lowest BCUT2D eigenvalue weighted by Gasteiger charge is -2.42. The molecule has 2 N–H and O–H groups in total. The summed E-state index contributed by atoms with van der Waals surface area (Å²) in [6.07, 6.45) is 3.04. The van der Waals surface area contributed by atoms with Crippen LogP contribution in [0.5, 0.6) is 0 Å². The van der Waals surface area contributed by atoms with Crippen LogP contribution in [0, 0.1) is 17.3 Å².